The highest BCUT2D eigenvalue weighted by Gasteiger charge is 2.33. The summed E-state index contributed by atoms with van der Waals surface area (Å²) in [5.74, 6) is 0.177. The van der Waals surface area contributed by atoms with Crippen LogP contribution in [0, 0.1) is 0 Å². The number of nitrogens with two attached hydrogens (primary N) is 1. The van der Waals surface area contributed by atoms with Crippen LogP contribution >= 0.6 is 0 Å². The van der Waals surface area contributed by atoms with Gasteiger partial charge in [-0.25, -0.2) is 9.97 Å². The van der Waals surface area contributed by atoms with Gasteiger partial charge in [-0.3, -0.25) is 4.79 Å². The zero-order chi connectivity index (χ0) is 20.7. The zero-order valence-electron chi connectivity index (χ0n) is 16.2. The molecule has 3 aromatic carbocycles. The molecule has 2 heterocycles. The molecule has 3 N–H and O–H groups in total. The number of amides is 1. The largest absolute Gasteiger partial charge is 0.392 e. The lowest BCUT2D eigenvalue weighted by atomic mass is 9.95. The molecular weight excluding hydrogens is 376 g/mol. The minimum absolute atomic E-state index is 0.0474. The maximum Gasteiger partial charge on any atom is 0.220 e. The van der Waals surface area contributed by atoms with Crippen LogP contribution in [-0.4, -0.2) is 26.4 Å². The Kier molecular flexibility index (Phi) is 4.41. The molecule has 0 aliphatic carbocycles. The average molecular weight is 396 g/mol. The Hall–Kier alpha value is -3.77. The molecule has 5 rings (SSSR count). The summed E-state index contributed by atoms with van der Waals surface area (Å²) in [5, 5.41) is 10.6. The van der Waals surface area contributed by atoms with Gasteiger partial charge in [0, 0.05) is 11.9 Å². The van der Waals surface area contributed by atoms with E-state index in [2.05, 4.69) is 9.97 Å². The summed E-state index contributed by atoms with van der Waals surface area (Å²) >= 11 is 0. The first kappa shape index (κ1) is 18.3. The maximum atomic E-state index is 11.9. The predicted octanol–water partition coefficient (Wildman–Crippen LogP) is 3.43. The molecule has 4 aromatic rings. The first-order chi connectivity index (χ1) is 14.7. The Morgan fingerprint density at radius 3 is 2.70 bits per heavy atom. The van der Waals surface area contributed by atoms with Gasteiger partial charge in [0.1, 0.15) is 6.04 Å². The van der Waals surface area contributed by atoms with Gasteiger partial charge in [-0.2, -0.15) is 0 Å². The van der Waals surface area contributed by atoms with Crippen molar-refractivity contribution in [3.63, 3.8) is 0 Å². The van der Waals surface area contributed by atoms with E-state index in [1.807, 2.05) is 66.7 Å². The lowest BCUT2D eigenvalue weighted by Gasteiger charge is -2.22. The topological polar surface area (TPSA) is 92.3 Å². The second-order valence-electron chi connectivity index (χ2n) is 7.39. The third-order valence-electron chi connectivity index (χ3n) is 5.67. The van der Waals surface area contributed by atoms with E-state index in [0.29, 0.717) is 12.2 Å². The van der Waals surface area contributed by atoms with Crippen molar-refractivity contribution in [1.29, 1.82) is 0 Å². The van der Waals surface area contributed by atoms with Crippen LogP contribution in [-0.2, 0) is 17.9 Å². The highest BCUT2D eigenvalue weighted by Crippen LogP contribution is 2.40. The summed E-state index contributed by atoms with van der Waals surface area (Å²) in [7, 11) is 0. The summed E-state index contributed by atoms with van der Waals surface area (Å²) < 4.78 is 0. The number of carbonyl (C=O) groups excluding carboxylic acids is 1. The van der Waals surface area contributed by atoms with Crippen molar-refractivity contribution in [1.82, 2.24) is 14.9 Å². The SMILES string of the molecule is Nc1nc(C2c3ccccc3CN2C=O)c2cc(-c3ccccc3CO)ccc2n1. The summed E-state index contributed by atoms with van der Waals surface area (Å²) in [5.41, 5.74) is 12.3. The second-order valence-corrected chi connectivity index (χ2v) is 7.39. The Labute approximate surface area is 173 Å². The molecule has 1 aliphatic rings. The average Bonchev–Trinajstić information content (AvgIpc) is 3.16. The van der Waals surface area contributed by atoms with Crippen molar-refractivity contribution >= 4 is 23.3 Å². The van der Waals surface area contributed by atoms with E-state index < -0.39 is 0 Å². The number of aliphatic hydroxyl groups is 1. The van der Waals surface area contributed by atoms with E-state index in [0.717, 1.165) is 45.1 Å². The monoisotopic (exact) mass is 396 g/mol. The number of aromatic nitrogens is 2. The number of rotatable bonds is 4. The fourth-order valence-corrected chi connectivity index (χ4v) is 4.30. The van der Waals surface area contributed by atoms with E-state index in [4.69, 9.17) is 5.73 Å². The Morgan fingerprint density at radius 2 is 1.87 bits per heavy atom. The number of nitrogens with zero attached hydrogens (tertiary/aromatic N) is 3. The first-order valence-electron chi connectivity index (χ1n) is 9.74. The van der Waals surface area contributed by atoms with Crippen LogP contribution in [0.5, 0.6) is 0 Å². The number of nitrogen functional groups attached to an aromatic ring is 1. The second kappa shape index (κ2) is 7.24. The number of carbonyl (C=O) groups is 1. The summed E-state index contributed by atoms with van der Waals surface area (Å²) in [6, 6.07) is 21.3. The molecule has 6 nitrogen and oxygen atoms in total. The van der Waals surface area contributed by atoms with Gasteiger partial charge in [-0.05, 0) is 39.9 Å². The van der Waals surface area contributed by atoms with E-state index in [-0.39, 0.29) is 18.6 Å². The third-order valence-corrected chi connectivity index (χ3v) is 5.67. The molecule has 0 saturated carbocycles. The van der Waals surface area contributed by atoms with E-state index in [9.17, 15) is 9.90 Å². The van der Waals surface area contributed by atoms with E-state index in [1.165, 1.54) is 0 Å². The fourth-order valence-electron chi connectivity index (χ4n) is 4.30. The van der Waals surface area contributed by atoms with Gasteiger partial charge in [-0.1, -0.05) is 54.6 Å². The molecule has 6 heteroatoms. The summed E-state index contributed by atoms with van der Waals surface area (Å²) in [4.78, 5) is 22.6. The van der Waals surface area contributed by atoms with Crippen LogP contribution in [0.25, 0.3) is 22.0 Å². The van der Waals surface area contributed by atoms with Crippen LogP contribution in [0.1, 0.15) is 28.4 Å². The smallest absolute Gasteiger partial charge is 0.220 e. The molecule has 1 atom stereocenters. The summed E-state index contributed by atoms with van der Waals surface area (Å²) in [6.07, 6.45) is 0.861. The highest BCUT2D eigenvalue weighted by molar-refractivity contribution is 5.88. The number of aliphatic hydroxyl groups excluding tert-OH is 1. The van der Waals surface area contributed by atoms with Crippen molar-refractivity contribution in [2.45, 2.75) is 19.2 Å². The molecule has 30 heavy (non-hydrogen) atoms. The van der Waals surface area contributed by atoms with Crippen molar-refractivity contribution in [3.05, 3.63) is 89.1 Å². The highest BCUT2D eigenvalue weighted by atomic mass is 16.3. The molecule has 0 saturated heterocycles. The van der Waals surface area contributed by atoms with E-state index >= 15 is 0 Å². The van der Waals surface area contributed by atoms with Crippen LogP contribution in [0.3, 0.4) is 0 Å². The molecule has 0 bridgehead atoms. The van der Waals surface area contributed by atoms with Crippen molar-refractivity contribution in [2.24, 2.45) is 0 Å². The molecule has 1 amide bonds. The standard InChI is InChI=1S/C24H20N4O2/c25-24-26-21-10-9-15(18-7-3-2-6-17(18)13-29)11-20(21)22(27-24)23-19-8-4-1-5-16(19)12-28(23)14-30/h1-11,14,23,29H,12-13H2,(H2,25,26,27). The number of hydrogen-bond donors (Lipinski definition) is 2. The first-order valence-corrected chi connectivity index (χ1v) is 9.74. The molecule has 1 aliphatic heterocycles. The van der Waals surface area contributed by atoms with Gasteiger partial charge in [0.05, 0.1) is 17.8 Å². The van der Waals surface area contributed by atoms with E-state index in [1.54, 1.807) is 4.90 Å². The lowest BCUT2D eigenvalue weighted by Crippen LogP contribution is -2.22. The van der Waals surface area contributed by atoms with Gasteiger partial charge >= 0.3 is 0 Å². The van der Waals surface area contributed by atoms with Crippen LogP contribution in [0.4, 0.5) is 5.95 Å². The fraction of sp³-hybridized carbons (Fsp3) is 0.125. The molecular formula is C24H20N4O2. The minimum Gasteiger partial charge on any atom is -0.392 e. The number of hydrogen-bond acceptors (Lipinski definition) is 5. The quantitative estimate of drug-likeness (QED) is 0.516. The van der Waals surface area contributed by atoms with Gasteiger partial charge in [-0.15, -0.1) is 0 Å². The summed E-state index contributed by atoms with van der Waals surface area (Å²) in [6.45, 7) is 0.483. The minimum atomic E-state index is -0.324. The van der Waals surface area contributed by atoms with Crippen molar-refractivity contribution in [2.75, 3.05) is 5.73 Å². The normalized spacial score (nSPS) is 15.4. The predicted molar refractivity (Wildman–Crippen MR) is 115 cm³/mol. The molecule has 1 aromatic heterocycles. The number of benzene rings is 3. The Balaban J connectivity index is 1.75. The van der Waals surface area contributed by atoms with Gasteiger partial charge in [0.15, 0.2) is 0 Å². The Morgan fingerprint density at radius 1 is 1.07 bits per heavy atom. The lowest BCUT2D eigenvalue weighted by molar-refractivity contribution is -0.119. The van der Waals surface area contributed by atoms with Gasteiger partial charge < -0.3 is 15.7 Å². The van der Waals surface area contributed by atoms with Crippen molar-refractivity contribution < 1.29 is 9.90 Å². The van der Waals surface area contributed by atoms with Crippen LogP contribution < -0.4 is 5.73 Å². The zero-order valence-corrected chi connectivity index (χ0v) is 16.2. The van der Waals surface area contributed by atoms with Crippen LogP contribution in [0.15, 0.2) is 66.7 Å². The Bertz CT molecular complexity index is 1270. The number of anilines is 1. The molecule has 148 valence electrons. The molecule has 0 radical (unpaired) electrons. The van der Waals surface area contributed by atoms with Crippen LogP contribution in [0.2, 0.25) is 0 Å². The van der Waals surface area contributed by atoms with Crippen molar-refractivity contribution in [3.8, 4) is 11.1 Å². The molecule has 0 fully saturated rings. The number of fused-ring (bicyclic) bond motifs is 2. The maximum absolute atomic E-state index is 11.9. The molecule has 1 unspecified atom stereocenters. The van der Waals surface area contributed by atoms with Gasteiger partial charge in [0.2, 0.25) is 12.4 Å². The van der Waals surface area contributed by atoms with Gasteiger partial charge in [0.25, 0.3) is 0 Å². The third kappa shape index (κ3) is 2.89. The molecule has 0 spiro atoms.